The summed E-state index contributed by atoms with van der Waals surface area (Å²) in [7, 11) is 2.00. The monoisotopic (exact) mass is 550 g/mol. The maximum absolute atomic E-state index is 6.15. The van der Waals surface area contributed by atoms with Crippen molar-refractivity contribution in [2.45, 2.75) is 13.0 Å². The lowest BCUT2D eigenvalue weighted by molar-refractivity contribution is 0.0374. The summed E-state index contributed by atoms with van der Waals surface area (Å²) >= 11 is 3.47. The molecule has 0 bridgehead atoms. The first-order valence-corrected chi connectivity index (χ1v) is 13.1. The normalized spacial score (nSPS) is 14.3. The Bertz CT molecular complexity index is 1290. The highest BCUT2D eigenvalue weighted by Gasteiger charge is 2.11. The summed E-state index contributed by atoms with van der Waals surface area (Å²) in [6.07, 6.45) is 2.90. The molecule has 2 aromatic heterocycles. The Kier molecular flexibility index (Phi) is 8.12. The van der Waals surface area contributed by atoms with Crippen molar-refractivity contribution in [2.75, 3.05) is 44.7 Å². The molecule has 0 atom stereocenters. The van der Waals surface area contributed by atoms with Gasteiger partial charge in [-0.1, -0.05) is 15.9 Å². The van der Waals surface area contributed by atoms with E-state index in [1.54, 1.807) is 6.20 Å². The summed E-state index contributed by atoms with van der Waals surface area (Å²) in [6, 6.07) is 17.9. The Morgan fingerprint density at radius 1 is 1.03 bits per heavy atom. The van der Waals surface area contributed by atoms with Crippen molar-refractivity contribution in [3.63, 3.8) is 0 Å². The minimum absolute atomic E-state index is 0.713. The number of nitrogens with zero attached hydrogens (tertiary/aromatic N) is 4. The Hall–Kier alpha value is -2.98. The van der Waals surface area contributed by atoms with Gasteiger partial charge in [0.2, 0.25) is 5.95 Å². The molecule has 0 aliphatic carbocycles. The first kappa shape index (κ1) is 24.7. The largest absolute Gasteiger partial charge is 0.457 e. The molecule has 9 heteroatoms. The van der Waals surface area contributed by atoms with Gasteiger partial charge in [-0.05, 0) is 62.0 Å². The molecule has 1 aliphatic heterocycles. The summed E-state index contributed by atoms with van der Waals surface area (Å²) in [5.74, 6) is 2.28. The highest BCUT2D eigenvalue weighted by Crippen LogP contribution is 2.28. The quantitative estimate of drug-likeness (QED) is 0.266. The second kappa shape index (κ2) is 11.8. The number of nitrogens with one attached hydrogen (secondary N) is 2. The van der Waals surface area contributed by atoms with Gasteiger partial charge in [0, 0.05) is 55.2 Å². The predicted octanol–water partition coefficient (Wildman–Crippen LogP) is 5.08. The molecule has 188 valence electrons. The lowest BCUT2D eigenvalue weighted by atomic mass is 10.3. The van der Waals surface area contributed by atoms with Crippen molar-refractivity contribution in [1.29, 1.82) is 0 Å². The second-order valence-corrected chi connectivity index (χ2v) is 9.76. The number of aryl methyl sites for hydroxylation is 1. The first-order valence-electron chi connectivity index (χ1n) is 12.3. The Morgan fingerprint density at radius 2 is 1.83 bits per heavy atom. The topological polar surface area (TPSA) is 76.5 Å². The zero-order chi connectivity index (χ0) is 24.7. The molecule has 2 aromatic carbocycles. The fourth-order valence-corrected chi connectivity index (χ4v) is 4.50. The molecule has 0 spiro atoms. The maximum atomic E-state index is 6.15. The molecule has 0 saturated carbocycles. The van der Waals surface area contributed by atoms with E-state index in [9.17, 15) is 0 Å². The minimum atomic E-state index is 0.713. The van der Waals surface area contributed by atoms with Crippen LogP contribution in [0.25, 0.3) is 11.0 Å². The lowest BCUT2D eigenvalue weighted by Gasteiger charge is -2.26. The molecular formula is C27H31BrN6O2. The summed E-state index contributed by atoms with van der Waals surface area (Å²) < 4.78 is 14.6. The van der Waals surface area contributed by atoms with E-state index in [1.807, 2.05) is 66.2 Å². The Balaban J connectivity index is 1.17. The molecule has 36 heavy (non-hydrogen) atoms. The van der Waals surface area contributed by atoms with Crippen molar-refractivity contribution in [1.82, 2.24) is 24.8 Å². The van der Waals surface area contributed by atoms with Crippen LogP contribution in [0.5, 0.6) is 11.5 Å². The van der Waals surface area contributed by atoms with E-state index < -0.39 is 0 Å². The van der Waals surface area contributed by atoms with Gasteiger partial charge in [-0.2, -0.15) is 0 Å². The van der Waals surface area contributed by atoms with Gasteiger partial charge in [0.25, 0.3) is 0 Å². The number of pyridine rings is 1. The molecule has 0 radical (unpaired) electrons. The number of rotatable bonds is 10. The number of anilines is 2. The van der Waals surface area contributed by atoms with Crippen LogP contribution in [0.2, 0.25) is 0 Å². The molecule has 3 heterocycles. The standard InChI is InChI=1S/C27H31BrN6O2/c1-33-26-8-7-23(18-25(26)32-27(33)31-21-5-3-20(28)4-6-21)36-24-9-11-30-22(17-24)19-29-10-2-12-34-13-15-35-16-14-34/h3-9,11,17-18,29H,2,10,12-16,19H2,1H3,(H,31,32). The highest BCUT2D eigenvalue weighted by atomic mass is 79.9. The van der Waals surface area contributed by atoms with Gasteiger partial charge < -0.3 is 24.7 Å². The van der Waals surface area contributed by atoms with Crippen LogP contribution in [0.4, 0.5) is 11.6 Å². The summed E-state index contributed by atoms with van der Waals surface area (Å²) in [4.78, 5) is 11.7. The molecular weight excluding hydrogens is 520 g/mol. The van der Waals surface area contributed by atoms with Crippen LogP contribution in [0.1, 0.15) is 12.1 Å². The third-order valence-electron chi connectivity index (χ3n) is 6.21. The van der Waals surface area contributed by atoms with Gasteiger partial charge in [0.1, 0.15) is 11.5 Å². The van der Waals surface area contributed by atoms with Crippen LogP contribution in [0, 0.1) is 0 Å². The average molecular weight is 551 g/mol. The van der Waals surface area contributed by atoms with Crippen molar-refractivity contribution in [3.8, 4) is 11.5 Å². The number of fused-ring (bicyclic) bond motifs is 1. The fourth-order valence-electron chi connectivity index (χ4n) is 4.24. The van der Waals surface area contributed by atoms with E-state index in [0.29, 0.717) is 6.54 Å². The number of halogens is 1. The predicted molar refractivity (Wildman–Crippen MR) is 146 cm³/mol. The van der Waals surface area contributed by atoms with Gasteiger partial charge in [-0.15, -0.1) is 0 Å². The van der Waals surface area contributed by atoms with Crippen molar-refractivity contribution in [2.24, 2.45) is 7.05 Å². The van der Waals surface area contributed by atoms with Crippen LogP contribution >= 0.6 is 15.9 Å². The molecule has 1 fully saturated rings. The van der Waals surface area contributed by atoms with Crippen LogP contribution in [-0.2, 0) is 18.3 Å². The molecule has 4 aromatic rings. The summed E-state index contributed by atoms with van der Waals surface area (Å²) in [5, 5.41) is 6.87. The summed E-state index contributed by atoms with van der Waals surface area (Å²) in [5.41, 5.74) is 3.83. The van der Waals surface area contributed by atoms with Crippen LogP contribution < -0.4 is 15.4 Å². The molecule has 8 nitrogen and oxygen atoms in total. The molecule has 1 aliphatic rings. The second-order valence-electron chi connectivity index (χ2n) is 8.85. The molecule has 0 unspecified atom stereocenters. The van der Waals surface area contributed by atoms with E-state index in [-0.39, 0.29) is 0 Å². The van der Waals surface area contributed by atoms with Gasteiger partial charge in [-0.25, -0.2) is 4.98 Å². The Morgan fingerprint density at radius 3 is 2.67 bits per heavy atom. The SMILES string of the molecule is Cn1c(Nc2ccc(Br)cc2)nc2cc(Oc3ccnc(CNCCCN4CCOCC4)c3)ccc21. The number of imidazole rings is 1. The van der Waals surface area contributed by atoms with Crippen molar-refractivity contribution < 1.29 is 9.47 Å². The number of morpholine rings is 1. The molecule has 5 rings (SSSR count). The van der Waals surface area contributed by atoms with E-state index >= 15 is 0 Å². The number of hydrogen-bond donors (Lipinski definition) is 2. The van der Waals surface area contributed by atoms with Crippen LogP contribution in [0.3, 0.4) is 0 Å². The lowest BCUT2D eigenvalue weighted by Crippen LogP contribution is -2.37. The van der Waals surface area contributed by atoms with E-state index in [1.165, 1.54) is 0 Å². The zero-order valence-electron chi connectivity index (χ0n) is 20.4. The third kappa shape index (κ3) is 6.41. The van der Waals surface area contributed by atoms with E-state index in [2.05, 4.69) is 36.4 Å². The van der Waals surface area contributed by atoms with Crippen molar-refractivity contribution >= 4 is 38.6 Å². The number of benzene rings is 2. The molecule has 2 N–H and O–H groups in total. The van der Waals surface area contributed by atoms with Crippen molar-refractivity contribution in [3.05, 3.63) is 71.0 Å². The van der Waals surface area contributed by atoms with E-state index in [0.717, 1.165) is 90.1 Å². The smallest absolute Gasteiger partial charge is 0.208 e. The van der Waals surface area contributed by atoms with Gasteiger partial charge in [0.15, 0.2) is 0 Å². The number of aromatic nitrogens is 3. The molecule has 0 amide bonds. The minimum Gasteiger partial charge on any atom is -0.457 e. The zero-order valence-corrected chi connectivity index (χ0v) is 22.0. The highest BCUT2D eigenvalue weighted by molar-refractivity contribution is 9.10. The van der Waals surface area contributed by atoms with Gasteiger partial charge >= 0.3 is 0 Å². The van der Waals surface area contributed by atoms with Gasteiger partial charge in [0.05, 0.1) is 29.9 Å². The average Bonchev–Trinajstić information content (AvgIpc) is 3.20. The number of hydrogen-bond acceptors (Lipinski definition) is 7. The Labute approximate surface area is 219 Å². The number of ether oxygens (including phenoxy) is 2. The molecule has 1 saturated heterocycles. The van der Waals surface area contributed by atoms with Crippen LogP contribution in [0.15, 0.2) is 65.3 Å². The third-order valence-corrected chi connectivity index (χ3v) is 6.74. The summed E-state index contributed by atoms with van der Waals surface area (Å²) in [6.45, 7) is 6.54. The maximum Gasteiger partial charge on any atom is 0.208 e. The van der Waals surface area contributed by atoms with Gasteiger partial charge in [-0.3, -0.25) is 9.88 Å². The van der Waals surface area contributed by atoms with Crippen LogP contribution in [-0.4, -0.2) is 58.8 Å². The fraction of sp³-hybridized carbons (Fsp3) is 0.333. The van der Waals surface area contributed by atoms with E-state index in [4.69, 9.17) is 14.5 Å². The first-order chi connectivity index (χ1) is 17.6.